The van der Waals surface area contributed by atoms with Gasteiger partial charge in [-0.05, 0) is 26.0 Å². The molecule has 0 saturated heterocycles. The number of nitrogens with zero attached hydrogens (tertiary/aromatic N) is 1. The van der Waals surface area contributed by atoms with E-state index < -0.39 is 5.54 Å². The first kappa shape index (κ1) is 12.5. The Morgan fingerprint density at radius 1 is 1.40 bits per heavy atom. The lowest BCUT2D eigenvalue weighted by molar-refractivity contribution is 0.223. The van der Waals surface area contributed by atoms with Crippen LogP contribution in [0.1, 0.15) is 19.4 Å². The van der Waals surface area contributed by atoms with Crippen LogP contribution in [0.2, 0.25) is 10.0 Å². The van der Waals surface area contributed by atoms with Gasteiger partial charge >= 0.3 is 0 Å². The van der Waals surface area contributed by atoms with Crippen molar-refractivity contribution in [3.8, 4) is 0 Å². The summed E-state index contributed by atoms with van der Waals surface area (Å²) in [6.07, 6.45) is 1.65. The van der Waals surface area contributed by atoms with Gasteiger partial charge in [-0.25, -0.2) is 0 Å². The molecule has 1 rings (SSSR count). The SMILES string of the molecule is CC(C)(CO)N=Cc1ccc(Cl)cc1Cl. The molecule has 0 unspecified atom stereocenters. The number of benzene rings is 1. The lowest BCUT2D eigenvalue weighted by Gasteiger charge is -2.15. The Kier molecular flexibility index (Phi) is 4.14. The smallest absolute Gasteiger partial charge is 0.0782 e. The topological polar surface area (TPSA) is 32.6 Å². The molecule has 0 aromatic heterocycles. The highest BCUT2D eigenvalue weighted by Crippen LogP contribution is 2.20. The Labute approximate surface area is 99.6 Å². The maximum Gasteiger partial charge on any atom is 0.0782 e. The Morgan fingerprint density at radius 3 is 2.60 bits per heavy atom. The molecule has 82 valence electrons. The van der Waals surface area contributed by atoms with Crippen molar-refractivity contribution in [2.24, 2.45) is 4.99 Å². The van der Waals surface area contributed by atoms with Crippen LogP contribution in [0.5, 0.6) is 0 Å². The van der Waals surface area contributed by atoms with E-state index in [0.29, 0.717) is 10.0 Å². The summed E-state index contributed by atoms with van der Waals surface area (Å²) in [5.74, 6) is 0. The summed E-state index contributed by atoms with van der Waals surface area (Å²) in [6.45, 7) is 3.68. The van der Waals surface area contributed by atoms with Crippen molar-refractivity contribution in [3.63, 3.8) is 0 Å². The zero-order valence-electron chi connectivity index (χ0n) is 8.67. The molecular weight excluding hydrogens is 233 g/mol. The second-order valence-corrected chi connectivity index (χ2v) is 4.74. The number of rotatable bonds is 3. The Bertz CT molecular complexity index is 375. The standard InChI is InChI=1S/C11H13Cl2NO/c1-11(2,7-15)14-6-8-3-4-9(12)5-10(8)13/h3-6,15H,7H2,1-2H3. The van der Waals surface area contributed by atoms with Crippen LogP contribution in [0.25, 0.3) is 0 Å². The fourth-order valence-corrected chi connectivity index (χ4v) is 1.35. The monoisotopic (exact) mass is 245 g/mol. The summed E-state index contributed by atoms with van der Waals surface area (Å²) >= 11 is 11.7. The van der Waals surface area contributed by atoms with Gasteiger partial charge in [-0.1, -0.05) is 29.3 Å². The average molecular weight is 246 g/mol. The van der Waals surface area contributed by atoms with Gasteiger partial charge in [-0.2, -0.15) is 0 Å². The summed E-state index contributed by atoms with van der Waals surface area (Å²) in [5.41, 5.74) is 0.311. The molecule has 0 aliphatic heterocycles. The maximum atomic E-state index is 9.02. The molecule has 0 radical (unpaired) electrons. The van der Waals surface area contributed by atoms with Crippen molar-refractivity contribution < 1.29 is 5.11 Å². The second-order valence-electron chi connectivity index (χ2n) is 3.89. The van der Waals surface area contributed by atoms with Crippen molar-refractivity contribution in [2.45, 2.75) is 19.4 Å². The normalized spacial score (nSPS) is 12.3. The molecular formula is C11H13Cl2NO. The molecule has 0 aliphatic rings. The minimum Gasteiger partial charge on any atom is -0.394 e. The third kappa shape index (κ3) is 3.82. The summed E-state index contributed by atoms with van der Waals surface area (Å²) in [5, 5.41) is 10.2. The van der Waals surface area contributed by atoms with Crippen molar-refractivity contribution in [2.75, 3.05) is 6.61 Å². The minimum atomic E-state index is -0.483. The van der Waals surface area contributed by atoms with E-state index in [-0.39, 0.29) is 6.61 Å². The van der Waals surface area contributed by atoms with E-state index in [4.69, 9.17) is 28.3 Å². The highest BCUT2D eigenvalue weighted by Gasteiger charge is 2.12. The van der Waals surface area contributed by atoms with Crippen molar-refractivity contribution >= 4 is 29.4 Å². The molecule has 0 heterocycles. The molecule has 2 nitrogen and oxygen atoms in total. The molecule has 4 heteroatoms. The van der Waals surface area contributed by atoms with Gasteiger partial charge in [0.15, 0.2) is 0 Å². The van der Waals surface area contributed by atoms with E-state index in [1.165, 1.54) is 0 Å². The van der Waals surface area contributed by atoms with Gasteiger partial charge in [0.2, 0.25) is 0 Å². The van der Waals surface area contributed by atoms with Crippen LogP contribution in [-0.4, -0.2) is 23.5 Å². The molecule has 0 bridgehead atoms. The summed E-state index contributed by atoms with van der Waals surface area (Å²) in [6, 6.07) is 5.21. The lowest BCUT2D eigenvalue weighted by Crippen LogP contribution is -2.21. The zero-order valence-corrected chi connectivity index (χ0v) is 10.2. The first-order valence-electron chi connectivity index (χ1n) is 4.56. The number of aliphatic hydroxyl groups is 1. The van der Waals surface area contributed by atoms with Gasteiger partial charge in [0.1, 0.15) is 0 Å². The van der Waals surface area contributed by atoms with E-state index in [1.807, 2.05) is 13.8 Å². The van der Waals surface area contributed by atoms with Gasteiger partial charge in [0, 0.05) is 16.8 Å². The molecule has 1 aromatic rings. The van der Waals surface area contributed by atoms with Crippen molar-refractivity contribution in [1.82, 2.24) is 0 Å². The fraction of sp³-hybridized carbons (Fsp3) is 0.364. The quantitative estimate of drug-likeness (QED) is 0.816. The van der Waals surface area contributed by atoms with Gasteiger partial charge in [0.25, 0.3) is 0 Å². The lowest BCUT2D eigenvalue weighted by atomic mass is 10.1. The molecule has 0 fully saturated rings. The average Bonchev–Trinajstić information content (AvgIpc) is 2.16. The Hall–Kier alpha value is -0.570. The van der Waals surface area contributed by atoms with Gasteiger partial charge < -0.3 is 5.11 Å². The van der Waals surface area contributed by atoms with Crippen molar-refractivity contribution in [1.29, 1.82) is 0 Å². The highest BCUT2D eigenvalue weighted by atomic mass is 35.5. The van der Waals surface area contributed by atoms with E-state index >= 15 is 0 Å². The molecule has 0 saturated carbocycles. The third-order valence-corrected chi connectivity index (χ3v) is 2.46. The molecule has 1 N–H and O–H groups in total. The number of halogens is 2. The Balaban J connectivity index is 2.90. The maximum absolute atomic E-state index is 9.02. The molecule has 0 spiro atoms. The van der Waals surface area contributed by atoms with Crippen LogP contribution in [0.3, 0.4) is 0 Å². The number of aliphatic imine (C=N–C) groups is 1. The van der Waals surface area contributed by atoms with E-state index in [9.17, 15) is 0 Å². The van der Waals surface area contributed by atoms with E-state index in [2.05, 4.69) is 4.99 Å². The van der Waals surface area contributed by atoms with Crippen LogP contribution in [0, 0.1) is 0 Å². The summed E-state index contributed by atoms with van der Waals surface area (Å²) in [4.78, 5) is 4.23. The summed E-state index contributed by atoms with van der Waals surface area (Å²) in [7, 11) is 0. The molecule has 0 amide bonds. The largest absolute Gasteiger partial charge is 0.394 e. The Morgan fingerprint density at radius 2 is 2.07 bits per heavy atom. The predicted molar refractivity (Wildman–Crippen MR) is 65.2 cm³/mol. The first-order valence-corrected chi connectivity index (χ1v) is 5.31. The molecule has 1 aromatic carbocycles. The predicted octanol–water partition coefficient (Wildman–Crippen LogP) is 3.18. The number of aliphatic hydroxyl groups excluding tert-OH is 1. The van der Waals surface area contributed by atoms with Crippen LogP contribution in [0.15, 0.2) is 23.2 Å². The van der Waals surface area contributed by atoms with E-state index in [1.54, 1.807) is 24.4 Å². The van der Waals surface area contributed by atoms with Crippen LogP contribution in [-0.2, 0) is 0 Å². The molecule has 0 atom stereocenters. The zero-order chi connectivity index (χ0) is 11.5. The number of hydrogen-bond donors (Lipinski definition) is 1. The van der Waals surface area contributed by atoms with Crippen LogP contribution in [0.4, 0.5) is 0 Å². The van der Waals surface area contributed by atoms with Crippen LogP contribution >= 0.6 is 23.2 Å². The van der Waals surface area contributed by atoms with Gasteiger partial charge in [0.05, 0.1) is 17.2 Å². The first-order chi connectivity index (χ1) is 6.94. The minimum absolute atomic E-state index is 0.00525. The third-order valence-electron chi connectivity index (χ3n) is 1.90. The van der Waals surface area contributed by atoms with Gasteiger partial charge in [-0.3, -0.25) is 4.99 Å². The second kappa shape index (κ2) is 4.97. The fourth-order valence-electron chi connectivity index (χ4n) is 0.891. The van der Waals surface area contributed by atoms with E-state index in [0.717, 1.165) is 5.56 Å². The van der Waals surface area contributed by atoms with Gasteiger partial charge in [-0.15, -0.1) is 0 Å². The number of hydrogen-bond acceptors (Lipinski definition) is 2. The van der Waals surface area contributed by atoms with Crippen molar-refractivity contribution in [3.05, 3.63) is 33.8 Å². The van der Waals surface area contributed by atoms with Crippen LogP contribution < -0.4 is 0 Å². The summed E-state index contributed by atoms with van der Waals surface area (Å²) < 4.78 is 0. The molecule has 15 heavy (non-hydrogen) atoms. The highest BCUT2D eigenvalue weighted by molar-refractivity contribution is 6.36. The molecule has 0 aliphatic carbocycles.